The highest BCUT2D eigenvalue weighted by Gasteiger charge is 2.10. The Balaban J connectivity index is 1.46. The van der Waals surface area contributed by atoms with Crippen molar-refractivity contribution in [3.8, 4) is 5.75 Å². The van der Waals surface area contributed by atoms with Crippen LogP contribution in [0.15, 0.2) is 41.3 Å². The van der Waals surface area contributed by atoms with Crippen LogP contribution in [0.25, 0.3) is 0 Å². The summed E-state index contributed by atoms with van der Waals surface area (Å²) in [6.45, 7) is 5.35. The molecule has 3 aromatic rings. The number of amides is 1. The Morgan fingerprint density at radius 3 is 2.71 bits per heavy atom. The number of nitrogens with one attached hydrogen (secondary N) is 1. The molecule has 1 amide bonds. The van der Waals surface area contributed by atoms with Crippen molar-refractivity contribution in [1.82, 2.24) is 24.9 Å². The van der Waals surface area contributed by atoms with E-state index in [0.717, 1.165) is 33.6 Å². The molecule has 0 saturated heterocycles. The Morgan fingerprint density at radius 1 is 1.29 bits per heavy atom. The van der Waals surface area contributed by atoms with Crippen LogP contribution in [-0.4, -0.2) is 32.0 Å². The van der Waals surface area contributed by atoms with E-state index in [0.29, 0.717) is 18.0 Å². The Kier molecular flexibility index (Phi) is 6.74. The summed E-state index contributed by atoms with van der Waals surface area (Å²) in [7, 11) is 0. The van der Waals surface area contributed by atoms with Gasteiger partial charge in [0.2, 0.25) is 0 Å². The highest BCUT2D eigenvalue weighted by atomic mass is 79.9. The molecule has 0 saturated carbocycles. The fraction of sp³-hybridized carbons (Fsp3) is 0.316. The molecule has 0 bridgehead atoms. The number of rotatable bonds is 8. The SMILES string of the molecule is Cc1cc(OCn2ccc(C(=O)NCCCn3cc(Br)cn3)n2)cc(C)c1Cl. The van der Waals surface area contributed by atoms with Crippen LogP contribution < -0.4 is 10.1 Å². The molecule has 0 atom stereocenters. The zero-order valence-corrected chi connectivity index (χ0v) is 18.0. The first-order chi connectivity index (χ1) is 13.4. The molecular formula is C19H21BrClN5O2. The Morgan fingerprint density at radius 2 is 2.04 bits per heavy atom. The van der Waals surface area contributed by atoms with Crippen LogP contribution in [0.1, 0.15) is 28.0 Å². The molecule has 0 aliphatic rings. The van der Waals surface area contributed by atoms with Gasteiger partial charge in [0.05, 0.1) is 10.7 Å². The quantitative estimate of drug-likeness (QED) is 0.510. The van der Waals surface area contributed by atoms with Crippen molar-refractivity contribution in [1.29, 1.82) is 0 Å². The molecule has 3 rings (SSSR count). The molecule has 2 aromatic heterocycles. The number of halogens is 2. The second-order valence-corrected chi connectivity index (χ2v) is 7.71. The standard InChI is InChI=1S/C19H21BrClN5O2/c1-13-8-16(9-14(2)18(13)21)28-12-26-7-4-17(24-26)19(27)22-5-3-6-25-11-15(20)10-23-25/h4,7-11H,3,5-6,12H2,1-2H3,(H,22,27). The normalized spacial score (nSPS) is 10.9. The van der Waals surface area contributed by atoms with Gasteiger partial charge in [-0.15, -0.1) is 0 Å². The number of ether oxygens (including phenoxy) is 1. The minimum Gasteiger partial charge on any atom is -0.471 e. The number of hydrogen-bond donors (Lipinski definition) is 1. The van der Waals surface area contributed by atoms with E-state index in [1.165, 1.54) is 0 Å². The number of aryl methyl sites for hydroxylation is 3. The van der Waals surface area contributed by atoms with Gasteiger partial charge in [-0.3, -0.25) is 9.48 Å². The highest BCUT2D eigenvalue weighted by Crippen LogP contribution is 2.26. The average molecular weight is 467 g/mol. The van der Waals surface area contributed by atoms with Crippen molar-refractivity contribution in [2.24, 2.45) is 0 Å². The second-order valence-electron chi connectivity index (χ2n) is 6.42. The summed E-state index contributed by atoms with van der Waals surface area (Å²) < 4.78 is 10.1. The maximum Gasteiger partial charge on any atom is 0.271 e. The van der Waals surface area contributed by atoms with Crippen molar-refractivity contribution in [2.45, 2.75) is 33.5 Å². The minimum atomic E-state index is -0.210. The Labute approximate surface area is 176 Å². The van der Waals surface area contributed by atoms with Crippen molar-refractivity contribution >= 4 is 33.4 Å². The molecule has 0 aliphatic carbocycles. The molecule has 0 spiro atoms. The van der Waals surface area contributed by atoms with Gasteiger partial charge in [0.1, 0.15) is 11.4 Å². The van der Waals surface area contributed by atoms with E-state index in [2.05, 4.69) is 31.4 Å². The molecule has 28 heavy (non-hydrogen) atoms. The van der Waals surface area contributed by atoms with Gasteiger partial charge in [-0.2, -0.15) is 10.2 Å². The number of benzene rings is 1. The first-order valence-electron chi connectivity index (χ1n) is 8.81. The summed E-state index contributed by atoms with van der Waals surface area (Å²) in [4.78, 5) is 12.2. The van der Waals surface area contributed by atoms with E-state index < -0.39 is 0 Å². The molecule has 9 heteroatoms. The maximum atomic E-state index is 12.2. The summed E-state index contributed by atoms with van der Waals surface area (Å²) in [6, 6.07) is 5.43. The third-order valence-corrected chi connectivity index (χ3v) is 5.10. The summed E-state index contributed by atoms with van der Waals surface area (Å²) in [5, 5.41) is 12.0. The predicted octanol–water partition coefficient (Wildman–Crippen LogP) is 3.97. The molecule has 2 heterocycles. The molecule has 0 aliphatic heterocycles. The number of hydrogen-bond acceptors (Lipinski definition) is 4. The van der Waals surface area contributed by atoms with Crippen molar-refractivity contribution in [3.63, 3.8) is 0 Å². The summed E-state index contributed by atoms with van der Waals surface area (Å²) in [5.74, 6) is 0.504. The molecular weight excluding hydrogens is 446 g/mol. The van der Waals surface area contributed by atoms with Gasteiger partial charge in [-0.25, -0.2) is 4.68 Å². The zero-order chi connectivity index (χ0) is 20.1. The van der Waals surface area contributed by atoms with Gasteiger partial charge in [0, 0.05) is 30.5 Å². The van der Waals surface area contributed by atoms with E-state index >= 15 is 0 Å². The van der Waals surface area contributed by atoms with Gasteiger partial charge in [-0.05, 0) is 65.5 Å². The third kappa shape index (κ3) is 5.36. The van der Waals surface area contributed by atoms with Crippen LogP contribution in [0.2, 0.25) is 5.02 Å². The fourth-order valence-corrected chi connectivity index (χ4v) is 3.12. The minimum absolute atomic E-state index is 0.210. The average Bonchev–Trinajstić information content (AvgIpc) is 3.30. The number of aromatic nitrogens is 4. The lowest BCUT2D eigenvalue weighted by atomic mass is 10.1. The molecule has 1 N–H and O–H groups in total. The molecule has 1 aromatic carbocycles. The van der Waals surface area contributed by atoms with Crippen LogP contribution in [-0.2, 0) is 13.3 Å². The second kappa shape index (κ2) is 9.25. The van der Waals surface area contributed by atoms with Crippen LogP contribution in [0.4, 0.5) is 0 Å². The van der Waals surface area contributed by atoms with Gasteiger partial charge < -0.3 is 10.1 Å². The van der Waals surface area contributed by atoms with E-state index in [9.17, 15) is 4.79 Å². The maximum absolute atomic E-state index is 12.2. The van der Waals surface area contributed by atoms with Gasteiger partial charge >= 0.3 is 0 Å². The molecule has 0 radical (unpaired) electrons. The fourth-order valence-electron chi connectivity index (χ4n) is 2.68. The van der Waals surface area contributed by atoms with Crippen molar-refractivity contribution in [2.75, 3.05) is 6.54 Å². The Bertz CT molecular complexity index is 946. The predicted molar refractivity (Wildman–Crippen MR) is 111 cm³/mol. The first kappa shape index (κ1) is 20.4. The highest BCUT2D eigenvalue weighted by molar-refractivity contribution is 9.10. The van der Waals surface area contributed by atoms with Crippen molar-refractivity contribution in [3.05, 3.63) is 63.1 Å². The summed E-state index contributed by atoms with van der Waals surface area (Å²) in [5.41, 5.74) is 2.27. The zero-order valence-electron chi connectivity index (χ0n) is 15.7. The van der Waals surface area contributed by atoms with E-state index in [4.69, 9.17) is 16.3 Å². The van der Waals surface area contributed by atoms with Gasteiger partial charge in [-0.1, -0.05) is 11.6 Å². The summed E-state index contributed by atoms with van der Waals surface area (Å²) in [6.07, 6.45) is 6.12. The van der Waals surface area contributed by atoms with Gasteiger partial charge in [0.15, 0.2) is 6.73 Å². The molecule has 148 valence electrons. The Hall–Kier alpha value is -2.32. The summed E-state index contributed by atoms with van der Waals surface area (Å²) >= 11 is 9.52. The lowest BCUT2D eigenvalue weighted by Gasteiger charge is -2.10. The lowest BCUT2D eigenvalue weighted by molar-refractivity contribution is 0.0945. The molecule has 0 fully saturated rings. The lowest BCUT2D eigenvalue weighted by Crippen LogP contribution is -2.26. The topological polar surface area (TPSA) is 74.0 Å². The van der Waals surface area contributed by atoms with E-state index in [1.807, 2.05) is 36.9 Å². The third-order valence-electron chi connectivity index (χ3n) is 4.10. The molecule has 0 unspecified atom stereocenters. The first-order valence-corrected chi connectivity index (χ1v) is 9.98. The number of carbonyl (C=O) groups is 1. The van der Waals surface area contributed by atoms with Crippen LogP contribution in [0.3, 0.4) is 0 Å². The molecule has 7 nitrogen and oxygen atoms in total. The largest absolute Gasteiger partial charge is 0.471 e. The van der Waals surface area contributed by atoms with Crippen molar-refractivity contribution < 1.29 is 9.53 Å². The van der Waals surface area contributed by atoms with E-state index in [-0.39, 0.29) is 12.6 Å². The van der Waals surface area contributed by atoms with Gasteiger partial charge in [0.25, 0.3) is 5.91 Å². The van der Waals surface area contributed by atoms with Crippen LogP contribution >= 0.6 is 27.5 Å². The van der Waals surface area contributed by atoms with Crippen LogP contribution in [0.5, 0.6) is 5.75 Å². The van der Waals surface area contributed by atoms with E-state index in [1.54, 1.807) is 23.1 Å². The monoisotopic (exact) mass is 465 g/mol. The van der Waals surface area contributed by atoms with Crippen LogP contribution in [0, 0.1) is 13.8 Å². The smallest absolute Gasteiger partial charge is 0.271 e. The number of nitrogens with zero attached hydrogens (tertiary/aromatic N) is 4. The number of carbonyl (C=O) groups excluding carboxylic acids is 1.